The fraction of sp³-hybridized carbons (Fsp3) is 0.882. The highest BCUT2D eigenvalue weighted by Gasteiger charge is 2.14. The highest BCUT2D eigenvalue weighted by Crippen LogP contribution is 2.15. The van der Waals surface area contributed by atoms with Gasteiger partial charge in [0.2, 0.25) is 0 Å². The van der Waals surface area contributed by atoms with E-state index in [1.54, 1.807) is 0 Å². The van der Waals surface area contributed by atoms with E-state index in [1.807, 2.05) is 0 Å². The predicted octanol–water partition coefficient (Wildman–Crippen LogP) is 5.46. The smallest absolute Gasteiger partial charge is 0.0125 e. The van der Waals surface area contributed by atoms with Gasteiger partial charge >= 0.3 is 0 Å². The van der Waals surface area contributed by atoms with Crippen LogP contribution in [0.15, 0.2) is 12.2 Å². The van der Waals surface area contributed by atoms with Crippen LogP contribution in [-0.2, 0) is 0 Å². The van der Waals surface area contributed by atoms with E-state index in [9.17, 15) is 0 Å². The lowest BCUT2D eigenvalue weighted by Crippen LogP contribution is -2.38. The van der Waals surface area contributed by atoms with E-state index < -0.39 is 0 Å². The molecule has 0 aliphatic rings. The monoisotopic (exact) mass is 253 g/mol. The molecular formula is C17H35N. The minimum absolute atomic E-state index is 0.328. The van der Waals surface area contributed by atoms with Crippen LogP contribution in [-0.4, -0.2) is 12.1 Å². The Bertz CT molecular complexity index is 194. The van der Waals surface area contributed by atoms with Crippen molar-refractivity contribution in [1.29, 1.82) is 0 Å². The highest BCUT2D eigenvalue weighted by molar-refractivity contribution is 4.81. The van der Waals surface area contributed by atoms with Gasteiger partial charge in [0.15, 0.2) is 0 Å². The zero-order chi connectivity index (χ0) is 13.7. The molecule has 0 aromatic carbocycles. The zero-order valence-corrected chi connectivity index (χ0v) is 13.2. The van der Waals surface area contributed by atoms with E-state index in [0.29, 0.717) is 5.54 Å². The van der Waals surface area contributed by atoms with Crippen molar-refractivity contribution in [3.63, 3.8) is 0 Å². The Kier molecular flexibility index (Phi) is 11.6. The average molecular weight is 253 g/mol. The van der Waals surface area contributed by atoms with Gasteiger partial charge in [0, 0.05) is 5.54 Å². The van der Waals surface area contributed by atoms with Crippen molar-refractivity contribution in [1.82, 2.24) is 5.32 Å². The van der Waals surface area contributed by atoms with E-state index in [2.05, 4.69) is 45.2 Å². The van der Waals surface area contributed by atoms with Gasteiger partial charge in [0.05, 0.1) is 0 Å². The molecule has 0 aliphatic heterocycles. The molecule has 0 unspecified atom stereocenters. The topological polar surface area (TPSA) is 12.0 Å². The van der Waals surface area contributed by atoms with Crippen molar-refractivity contribution < 1.29 is 0 Å². The molecule has 1 nitrogen and oxygen atoms in total. The first-order valence-electron chi connectivity index (χ1n) is 8.02. The van der Waals surface area contributed by atoms with Gasteiger partial charge in [0.1, 0.15) is 0 Å². The summed E-state index contributed by atoms with van der Waals surface area (Å²) in [6.45, 7) is 10.1. The van der Waals surface area contributed by atoms with Crippen LogP contribution in [0.4, 0.5) is 0 Å². The Balaban J connectivity index is 3.28. The number of rotatable bonds is 12. The summed E-state index contributed by atoms with van der Waals surface area (Å²) in [7, 11) is 0. The Morgan fingerprint density at radius 3 is 2.06 bits per heavy atom. The lowest BCUT2D eigenvalue weighted by Gasteiger charge is -2.25. The first kappa shape index (κ1) is 17.7. The number of allylic oxidation sites excluding steroid dienone is 2. The summed E-state index contributed by atoms with van der Waals surface area (Å²) >= 11 is 0. The van der Waals surface area contributed by atoms with E-state index in [-0.39, 0.29) is 0 Å². The maximum Gasteiger partial charge on any atom is 0.0125 e. The molecule has 0 bridgehead atoms. The fourth-order valence-corrected chi connectivity index (χ4v) is 2.31. The lowest BCUT2D eigenvalue weighted by atomic mass is 9.96. The van der Waals surface area contributed by atoms with Crippen LogP contribution in [0.1, 0.15) is 85.5 Å². The number of hydrogen-bond acceptors (Lipinski definition) is 1. The van der Waals surface area contributed by atoms with Gasteiger partial charge in [-0.05, 0) is 46.1 Å². The number of hydrogen-bond donors (Lipinski definition) is 1. The molecule has 0 aliphatic carbocycles. The van der Waals surface area contributed by atoms with Crippen LogP contribution >= 0.6 is 0 Å². The first-order valence-corrected chi connectivity index (χ1v) is 8.02. The molecule has 0 amide bonds. The molecule has 0 fully saturated rings. The second-order valence-corrected chi connectivity index (χ2v) is 5.98. The third-order valence-electron chi connectivity index (χ3n) is 3.47. The minimum atomic E-state index is 0.328. The van der Waals surface area contributed by atoms with Crippen LogP contribution in [0.3, 0.4) is 0 Å². The van der Waals surface area contributed by atoms with Crippen molar-refractivity contribution in [2.24, 2.45) is 0 Å². The number of nitrogens with one attached hydrogen (secondary N) is 1. The van der Waals surface area contributed by atoms with Gasteiger partial charge in [0.25, 0.3) is 0 Å². The molecule has 0 saturated carbocycles. The Morgan fingerprint density at radius 2 is 1.44 bits per heavy atom. The minimum Gasteiger partial charge on any atom is -0.312 e. The fourth-order valence-electron chi connectivity index (χ4n) is 2.31. The maximum absolute atomic E-state index is 3.54. The van der Waals surface area contributed by atoms with Crippen LogP contribution in [0.25, 0.3) is 0 Å². The lowest BCUT2D eigenvalue weighted by molar-refractivity contribution is 0.355. The molecule has 108 valence electrons. The van der Waals surface area contributed by atoms with Crippen molar-refractivity contribution in [2.45, 2.75) is 91.0 Å². The summed E-state index contributed by atoms with van der Waals surface area (Å²) in [6, 6.07) is 0. The molecule has 0 radical (unpaired) electrons. The summed E-state index contributed by atoms with van der Waals surface area (Å²) < 4.78 is 0. The molecule has 0 aromatic rings. The normalized spacial score (nSPS) is 12.4. The van der Waals surface area contributed by atoms with E-state index >= 15 is 0 Å². The van der Waals surface area contributed by atoms with Gasteiger partial charge in [-0.25, -0.2) is 0 Å². The Morgan fingerprint density at radius 1 is 0.833 bits per heavy atom. The van der Waals surface area contributed by atoms with Gasteiger partial charge < -0.3 is 5.32 Å². The summed E-state index contributed by atoms with van der Waals surface area (Å²) in [4.78, 5) is 0. The van der Waals surface area contributed by atoms with Crippen LogP contribution < -0.4 is 5.32 Å². The van der Waals surface area contributed by atoms with Crippen molar-refractivity contribution in [2.75, 3.05) is 6.54 Å². The first-order chi connectivity index (χ1) is 8.62. The van der Waals surface area contributed by atoms with Crippen molar-refractivity contribution in [3.8, 4) is 0 Å². The maximum atomic E-state index is 3.54. The molecule has 0 aromatic heterocycles. The van der Waals surface area contributed by atoms with Gasteiger partial charge in [-0.15, -0.1) is 0 Å². The second-order valence-electron chi connectivity index (χ2n) is 5.98. The molecule has 0 saturated heterocycles. The molecule has 0 atom stereocenters. The largest absolute Gasteiger partial charge is 0.312 e. The molecule has 0 rings (SSSR count). The van der Waals surface area contributed by atoms with E-state index in [4.69, 9.17) is 0 Å². The zero-order valence-electron chi connectivity index (χ0n) is 13.2. The summed E-state index contributed by atoms with van der Waals surface area (Å²) in [5.41, 5.74) is 0.328. The van der Waals surface area contributed by atoms with E-state index in [1.165, 1.54) is 57.8 Å². The average Bonchev–Trinajstić information content (AvgIpc) is 2.31. The Hall–Kier alpha value is -0.300. The molecule has 0 spiro atoms. The third-order valence-corrected chi connectivity index (χ3v) is 3.47. The van der Waals surface area contributed by atoms with Gasteiger partial charge in [-0.2, -0.15) is 0 Å². The van der Waals surface area contributed by atoms with E-state index in [0.717, 1.165) is 6.54 Å². The standard InChI is InChI=1S/C17H35N/c1-5-7-8-9-10-11-12-13-14-15-16-17(3,4)18-6-2/h9-10,18H,5-8,11-16H2,1-4H3. The van der Waals surface area contributed by atoms with Crippen LogP contribution in [0, 0.1) is 0 Å². The van der Waals surface area contributed by atoms with Crippen LogP contribution in [0.2, 0.25) is 0 Å². The quantitative estimate of drug-likeness (QED) is 0.359. The molecule has 18 heavy (non-hydrogen) atoms. The molecule has 0 heterocycles. The summed E-state index contributed by atoms with van der Waals surface area (Å²) in [6.07, 6.45) is 16.7. The predicted molar refractivity (Wildman–Crippen MR) is 84.1 cm³/mol. The molecule has 1 N–H and O–H groups in total. The summed E-state index contributed by atoms with van der Waals surface area (Å²) in [5.74, 6) is 0. The van der Waals surface area contributed by atoms with Gasteiger partial charge in [-0.3, -0.25) is 0 Å². The van der Waals surface area contributed by atoms with Gasteiger partial charge in [-0.1, -0.05) is 58.1 Å². The number of unbranched alkanes of at least 4 members (excludes halogenated alkanes) is 6. The third kappa shape index (κ3) is 12.2. The van der Waals surface area contributed by atoms with Crippen LogP contribution in [0.5, 0.6) is 0 Å². The molecule has 1 heteroatoms. The SMILES string of the molecule is CCCCC=CCCCCCCC(C)(C)NCC. The van der Waals surface area contributed by atoms with Crippen molar-refractivity contribution in [3.05, 3.63) is 12.2 Å². The second kappa shape index (κ2) is 11.8. The molecular weight excluding hydrogens is 218 g/mol. The Labute approximate surface area is 115 Å². The van der Waals surface area contributed by atoms with Crippen molar-refractivity contribution >= 4 is 0 Å². The highest BCUT2D eigenvalue weighted by atomic mass is 14.9. The summed E-state index contributed by atoms with van der Waals surface area (Å²) in [5, 5.41) is 3.54.